The number of nitrogens with zero attached hydrogens (tertiary/aromatic N) is 3. The Kier molecular flexibility index (Phi) is 4.38. The summed E-state index contributed by atoms with van der Waals surface area (Å²) in [7, 11) is 0. The summed E-state index contributed by atoms with van der Waals surface area (Å²) in [5.41, 5.74) is 3.36. The highest BCUT2D eigenvalue weighted by molar-refractivity contribution is 7.98. The molecule has 0 atom stereocenters. The van der Waals surface area contributed by atoms with Crippen molar-refractivity contribution < 1.29 is 0 Å². The van der Waals surface area contributed by atoms with Crippen molar-refractivity contribution in [2.45, 2.75) is 11.8 Å². The number of thioether (sulfide) groups is 1. The van der Waals surface area contributed by atoms with Crippen LogP contribution in [0, 0.1) is 6.92 Å². The maximum absolute atomic E-state index is 4.44. The molecule has 0 unspecified atom stereocenters. The molecule has 0 aliphatic carbocycles. The Morgan fingerprint density at radius 1 is 1.08 bits per heavy atom. The highest BCUT2D eigenvalue weighted by Gasteiger charge is 2.11. The van der Waals surface area contributed by atoms with Crippen molar-refractivity contribution in [3.05, 3.63) is 60.7 Å². The normalized spacial score (nSPS) is 11.0. The molecule has 25 heavy (non-hydrogen) atoms. The summed E-state index contributed by atoms with van der Waals surface area (Å²) in [6.07, 6.45) is 7.40. The van der Waals surface area contributed by atoms with E-state index in [4.69, 9.17) is 0 Å². The van der Waals surface area contributed by atoms with E-state index in [1.807, 2.05) is 18.5 Å². The summed E-state index contributed by atoms with van der Waals surface area (Å²) in [5.74, 6) is 0.830. The number of rotatable bonds is 4. The Hall–Kier alpha value is -2.44. The lowest BCUT2D eigenvalue weighted by Crippen LogP contribution is -1.94. The predicted octanol–water partition coefficient (Wildman–Crippen LogP) is 5.53. The van der Waals surface area contributed by atoms with E-state index in [1.165, 1.54) is 15.3 Å². The molecule has 0 aliphatic heterocycles. The molecule has 3 aromatic heterocycles. The summed E-state index contributed by atoms with van der Waals surface area (Å²) < 4.78 is 0. The van der Waals surface area contributed by atoms with Gasteiger partial charge in [-0.3, -0.25) is 4.98 Å². The molecule has 0 fully saturated rings. The molecule has 124 valence electrons. The largest absolute Gasteiger partial charge is 0.340 e. The molecule has 1 aromatic carbocycles. The third kappa shape index (κ3) is 3.23. The number of fused-ring (bicyclic) bond motifs is 1. The molecule has 6 heteroatoms. The third-order valence-corrected chi connectivity index (χ3v) is 5.79. The zero-order chi connectivity index (χ0) is 17.2. The number of hydrogen-bond donors (Lipinski definition) is 1. The average Bonchev–Trinajstić information content (AvgIpc) is 3.08. The maximum Gasteiger partial charge on any atom is 0.142 e. The first kappa shape index (κ1) is 16.1. The Balaban J connectivity index is 1.73. The van der Waals surface area contributed by atoms with Gasteiger partial charge in [-0.15, -0.1) is 23.1 Å². The molecule has 1 N–H and O–H groups in total. The van der Waals surface area contributed by atoms with Crippen LogP contribution in [-0.2, 0) is 0 Å². The second kappa shape index (κ2) is 6.82. The van der Waals surface area contributed by atoms with Crippen molar-refractivity contribution in [3.8, 4) is 10.4 Å². The fourth-order valence-electron chi connectivity index (χ4n) is 2.65. The number of hydrogen-bond acceptors (Lipinski definition) is 6. The number of thiophene rings is 1. The number of nitrogens with one attached hydrogen (secondary N) is 1. The number of pyridine rings is 1. The van der Waals surface area contributed by atoms with Crippen molar-refractivity contribution in [1.82, 2.24) is 15.0 Å². The van der Waals surface area contributed by atoms with Crippen LogP contribution in [0.5, 0.6) is 0 Å². The second-order valence-corrected chi connectivity index (χ2v) is 7.51. The summed E-state index contributed by atoms with van der Waals surface area (Å²) in [6, 6.07) is 12.5. The van der Waals surface area contributed by atoms with Crippen LogP contribution < -0.4 is 5.32 Å². The molecule has 4 rings (SSSR count). The molecule has 0 saturated carbocycles. The minimum Gasteiger partial charge on any atom is -0.340 e. The van der Waals surface area contributed by atoms with Crippen LogP contribution in [-0.4, -0.2) is 21.2 Å². The summed E-state index contributed by atoms with van der Waals surface area (Å²) in [5, 5.41) is 4.45. The molecular weight excluding hydrogens is 348 g/mol. The summed E-state index contributed by atoms with van der Waals surface area (Å²) in [6.45, 7) is 2.07. The molecule has 0 aliphatic rings. The lowest BCUT2D eigenvalue weighted by atomic mass is 10.1. The van der Waals surface area contributed by atoms with Crippen LogP contribution in [0.3, 0.4) is 0 Å². The minimum atomic E-state index is 0.830. The maximum atomic E-state index is 4.44. The van der Waals surface area contributed by atoms with E-state index < -0.39 is 0 Å². The van der Waals surface area contributed by atoms with Crippen molar-refractivity contribution in [2.75, 3.05) is 11.6 Å². The van der Waals surface area contributed by atoms with Gasteiger partial charge in [0.05, 0.1) is 5.39 Å². The van der Waals surface area contributed by atoms with Crippen LogP contribution in [0.1, 0.15) is 5.56 Å². The van der Waals surface area contributed by atoms with Crippen LogP contribution in [0.2, 0.25) is 0 Å². The molecule has 3 heterocycles. The highest BCUT2D eigenvalue weighted by Crippen LogP contribution is 2.36. The van der Waals surface area contributed by atoms with E-state index in [-0.39, 0.29) is 0 Å². The van der Waals surface area contributed by atoms with Gasteiger partial charge in [-0.25, -0.2) is 9.97 Å². The van der Waals surface area contributed by atoms with E-state index in [0.717, 1.165) is 27.3 Å². The summed E-state index contributed by atoms with van der Waals surface area (Å²) in [4.78, 5) is 16.4. The van der Waals surface area contributed by atoms with Crippen LogP contribution in [0.25, 0.3) is 20.7 Å². The first-order chi connectivity index (χ1) is 12.2. The fourth-order valence-corrected chi connectivity index (χ4v) is 4.15. The van der Waals surface area contributed by atoms with Gasteiger partial charge in [-0.05, 0) is 60.7 Å². The zero-order valence-electron chi connectivity index (χ0n) is 13.9. The lowest BCUT2D eigenvalue weighted by Gasteiger charge is -2.06. The quantitative estimate of drug-likeness (QED) is 0.483. The van der Waals surface area contributed by atoms with E-state index in [9.17, 15) is 0 Å². The van der Waals surface area contributed by atoms with Crippen molar-refractivity contribution in [2.24, 2.45) is 0 Å². The first-order valence-corrected chi connectivity index (χ1v) is 9.85. The molecule has 4 nitrogen and oxygen atoms in total. The summed E-state index contributed by atoms with van der Waals surface area (Å²) >= 11 is 3.40. The smallest absolute Gasteiger partial charge is 0.142 e. The minimum absolute atomic E-state index is 0.830. The predicted molar refractivity (Wildman–Crippen MR) is 107 cm³/mol. The van der Waals surface area contributed by atoms with Gasteiger partial charge in [0.2, 0.25) is 0 Å². The Morgan fingerprint density at radius 3 is 2.68 bits per heavy atom. The topological polar surface area (TPSA) is 50.7 Å². The standard InChI is InChI=1S/C19H16N4S2/c1-12-10-20-8-7-15(12)17-9-16-18(21-11-22-19(16)25-17)23-13-3-5-14(24-2)6-4-13/h3-11H,1-2H3,(H,21,22,23). The number of aryl methyl sites for hydroxylation is 1. The SMILES string of the molecule is CSc1ccc(Nc2ncnc3sc(-c4ccncc4C)cc23)cc1. The van der Waals surface area contributed by atoms with Crippen LogP contribution >= 0.6 is 23.1 Å². The van der Waals surface area contributed by atoms with Crippen LogP contribution in [0.4, 0.5) is 11.5 Å². The second-order valence-electron chi connectivity index (χ2n) is 5.60. The van der Waals surface area contributed by atoms with Crippen LogP contribution in [0.15, 0.2) is 60.0 Å². The highest BCUT2D eigenvalue weighted by atomic mass is 32.2. The Morgan fingerprint density at radius 2 is 1.92 bits per heavy atom. The van der Waals surface area contributed by atoms with E-state index in [2.05, 4.69) is 63.8 Å². The van der Waals surface area contributed by atoms with Crippen molar-refractivity contribution >= 4 is 44.8 Å². The number of aromatic nitrogens is 3. The van der Waals surface area contributed by atoms with E-state index in [1.54, 1.807) is 29.4 Å². The number of anilines is 2. The van der Waals surface area contributed by atoms with Gasteiger partial charge < -0.3 is 5.32 Å². The third-order valence-electron chi connectivity index (χ3n) is 3.97. The number of benzene rings is 1. The van der Waals surface area contributed by atoms with Gasteiger partial charge in [-0.2, -0.15) is 0 Å². The molecule has 0 saturated heterocycles. The first-order valence-electron chi connectivity index (χ1n) is 7.81. The van der Waals surface area contributed by atoms with Gasteiger partial charge in [-0.1, -0.05) is 0 Å². The molecule has 0 bridgehead atoms. The molecular formula is C19H16N4S2. The Bertz CT molecular complexity index is 1030. The van der Waals surface area contributed by atoms with Gasteiger partial charge in [0.1, 0.15) is 17.0 Å². The average molecular weight is 364 g/mol. The van der Waals surface area contributed by atoms with Gasteiger partial charge in [0.25, 0.3) is 0 Å². The molecule has 0 spiro atoms. The van der Waals surface area contributed by atoms with Gasteiger partial charge in [0.15, 0.2) is 0 Å². The van der Waals surface area contributed by atoms with E-state index in [0.29, 0.717) is 0 Å². The van der Waals surface area contributed by atoms with Crippen molar-refractivity contribution in [1.29, 1.82) is 0 Å². The van der Waals surface area contributed by atoms with Gasteiger partial charge in [0, 0.05) is 27.9 Å². The van der Waals surface area contributed by atoms with Gasteiger partial charge >= 0.3 is 0 Å². The molecule has 0 radical (unpaired) electrons. The molecule has 0 amide bonds. The van der Waals surface area contributed by atoms with Crippen molar-refractivity contribution in [3.63, 3.8) is 0 Å². The molecule has 4 aromatic rings. The monoisotopic (exact) mass is 364 g/mol. The van der Waals surface area contributed by atoms with E-state index >= 15 is 0 Å². The fraction of sp³-hybridized carbons (Fsp3) is 0.105. The zero-order valence-corrected chi connectivity index (χ0v) is 15.5. The lowest BCUT2D eigenvalue weighted by molar-refractivity contribution is 1.23. The Labute approximate surface area is 154 Å².